The second-order valence-electron chi connectivity index (χ2n) is 11.1. The van der Waals surface area contributed by atoms with Crippen LogP contribution in [0.25, 0.3) is 22.0 Å². The van der Waals surface area contributed by atoms with E-state index in [1.54, 1.807) is 18.1 Å². The van der Waals surface area contributed by atoms with Crippen molar-refractivity contribution in [2.45, 2.75) is 44.2 Å². The maximum atomic E-state index is 13.6. The lowest BCUT2D eigenvalue weighted by Gasteiger charge is -2.52. The molecule has 0 radical (unpaired) electrons. The van der Waals surface area contributed by atoms with E-state index in [0.717, 1.165) is 42.1 Å². The lowest BCUT2D eigenvalue weighted by atomic mass is 9.65. The van der Waals surface area contributed by atoms with E-state index in [2.05, 4.69) is 15.5 Å². The molecule has 9 heteroatoms. The summed E-state index contributed by atoms with van der Waals surface area (Å²) in [6, 6.07) is 18.4. The molecule has 3 heterocycles. The van der Waals surface area contributed by atoms with Gasteiger partial charge in [0.15, 0.2) is 5.69 Å². The van der Waals surface area contributed by atoms with Crippen LogP contribution in [0.2, 0.25) is 0 Å². The van der Waals surface area contributed by atoms with Gasteiger partial charge in [0.25, 0.3) is 17.4 Å². The number of para-hydroxylation sites is 1. The fourth-order valence-corrected chi connectivity index (χ4v) is 6.70. The average molecular weight is 540 g/mol. The number of nitrogens with one attached hydrogen (secondary N) is 2. The summed E-state index contributed by atoms with van der Waals surface area (Å²) in [4.78, 5) is 41.7. The highest BCUT2D eigenvalue weighted by molar-refractivity contribution is 6.04. The van der Waals surface area contributed by atoms with E-state index < -0.39 is 11.0 Å². The number of carbonyl (C=O) groups is 2. The Hall–Kier alpha value is -4.24. The van der Waals surface area contributed by atoms with Crippen molar-refractivity contribution in [3.63, 3.8) is 0 Å². The van der Waals surface area contributed by atoms with E-state index in [-0.39, 0.29) is 23.9 Å². The van der Waals surface area contributed by atoms with Gasteiger partial charge in [0, 0.05) is 48.8 Å². The number of pyridine rings is 1. The van der Waals surface area contributed by atoms with E-state index >= 15 is 0 Å². The highest BCUT2D eigenvalue weighted by Gasteiger charge is 2.55. The molecule has 3 N–H and O–H groups in total. The fraction of sp³-hybridized carbons (Fsp3) is 0.355. The Morgan fingerprint density at radius 3 is 2.52 bits per heavy atom. The zero-order valence-corrected chi connectivity index (χ0v) is 22.5. The van der Waals surface area contributed by atoms with Gasteiger partial charge in [-0.2, -0.15) is 5.10 Å². The second kappa shape index (κ2) is 10.1. The summed E-state index contributed by atoms with van der Waals surface area (Å²) in [5.74, 6) is -0.459. The smallest absolute Gasteiger partial charge is 0.275 e. The summed E-state index contributed by atoms with van der Waals surface area (Å²) in [7, 11) is 1.56. The number of benzene rings is 2. The van der Waals surface area contributed by atoms with Crippen molar-refractivity contribution < 1.29 is 14.7 Å². The Kier molecular flexibility index (Phi) is 6.54. The van der Waals surface area contributed by atoms with Crippen LogP contribution in [-0.4, -0.2) is 62.3 Å². The van der Waals surface area contributed by atoms with Crippen LogP contribution < -0.4 is 10.9 Å². The van der Waals surface area contributed by atoms with E-state index in [4.69, 9.17) is 0 Å². The first-order valence-corrected chi connectivity index (χ1v) is 13.8. The number of hydrogen-bond donors (Lipinski definition) is 3. The van der Waals surface area contributed by atoms with Gasteiger partial charge in [0.05, 0.1) is 23.2 Å². The second-order valence-corrected chi connectivity index (χ2v) is 11.1. The number of fused-ring (bicyclic) bond motifs is 1. The van der Waals surface area contributed by atoms with Gasteiger partial charge in [-0.3, -0.25) is 19.5 Å². The number of H-pyrrole nitrogens is 1. The molecule has 1 spiro atoms. The summed E-state index contributed by atoms with van der Waals surface area (Å²) >= 11 is 0. The Labute approximate surface area is 231 Å². The van der Waals surface area contributed by atoms with Crippen molar-refractivity contribution in [1.29, 1.82) is 0 Å². The molecule has 1 saturated heterocycles. The number of rotatable bonds is 5. The molecule has 1 saturated carbocycles. The molecule has 1 aliphatic carbocycles. The molecule has 4 aromatic rings. The molecule has 2 aromatic carbocycles. The number of aromatic nitrogens is 3. The summed E-state index contributed by atoms with van der Waals surface area (Å²) in [6.07, 6.45) is 5.30. The number of amides is 2. The SMILES string of the molecule is CNC(=O)c1cn(CC2(O)CCN(C(=O)c3n[nH]c4ccccc34)CC23CCCC3)c(=O)cc1-c1ccccc1. The van der Waals surface area contributed by atoms with Crippen LogP contribution in [0, 0.1) is 5.41 Å². The maximum Gasteiger partial charge on any atom is 0.275 e. The molecule has 0 bridgehead atoms. The first-order chi connectivity index (χ1) is 19.3. The first-order valence-electron chi connectivity index (χ1n) is 13.8. The van der Waals surface area contributed by atoms with Crippen LogP contribution in [-0.2, 0) is 6.54 Å². The van der Waals surface area contributed by atoms with Crippen molar-refractivity contribution in [2.24, 2.45) is 5.41 Å². The number of aliphatic hydroxyl groups is 1. The number of piperidine rings is 1. The first kappa shape index (κ1) is 26.0. The molecule has 1 aliphatic heterocycles. The third-order valence-corrected chi connectivity index (χ3v) is 8.91. The predicted molar refractivity (Wildman–Crippen MR) is 152 cm³/mol. The van der Waals surface area contributed by atoms with E-state index in [9.17, 15) is 19.5 Å². The summed E-state index contributed by atoms with van der Waals surface area (Å²) in [5.41, 5.74) is 0.829. The van der Waals surface area contributed by atoms with Gasteiger partial charge in [0.1, 0.15) is 0 Å². The minimum absolute atomic E-state index is 0.0538. The molecule has 2 aliphatic rings. The standard InChI is InChI=1S/C31H33N5O4/c1-32-28(38)24-18-36(26(37)17-23(24)21-9-3-2-4-10-21)20-31(40)15-16-35(19-30(31)13-7-8-14-30)29(39)27-22-11-5-6-12-25(22)33-34-27/h2-6,9-12,17-18,40H,7-8,13-16,19-20H2,1H3,(H,32,38)(H,33,34). The summed E-state index contributed by atoms with van der Waals surface area (Å²) < 4.78 is 1.47. The summed E-state index contributed by atoms with van der Waals surface area (Å²) in [5, 5.41) is 23.0. The zero-order valence-electron chi connectivity index (χ0n) is 22.5. The molecule has 6 rings (SSSR count). The Morgan fingerprint density at radius 1 is 1.05 bits per heavy atom. The van der Waals surface area contributed by atoms with E-state index in [1.165, 1.54) is 10.6 Å². The zero-order chi connectivity index (χ0) is 27.9. The van der Waals surface area contributed by atoms with Crippen LogP contribution >= 0.6 is 0 Å². The van der Waals surface area contributed by atoms with Crippen LogP contribution in [0.3, 0.4) is 0 Å². The molecule has 9 nitrogen and oxygen atoms in total. The molecule has 1 atom stereocenters. The minimum atomic E-state index is -1.22. The van der Waals surface area contributed by atoms with Gasteiger partial charge in [0.2, 0.25) is 0 Å². The van der Waals surface area contributed by atoms with Gasteiger partial charge in [-0.1, -0.05) is 61.4 Å². The summed E-state index contributed by atoms with van der Waals surface area (Å²) in [6.45, 7) is 0.790. The van der Waals surface area contributed by atoms with Crippen molar-refractivity contribution >= 4 is 22.7 Å². The van der Waals surface area contributed by atoms with Crippen LogP contribution in [0.5, 0.6) is 0 Å². The minimum Gasteiger partial charge on any atom is -0.387 e. The average Bonchev–Trinajstić information content (AvgIpc) is 3.63. The monoisotopic (exact) mass is 539 g/mol. The number of aromatic amines is 1. The third-order valence-electron chi connectivity index (χ3n) is 8.91. The van der Waals surface area contributed by atoms with Crippen LogP contribution in [0.1, 0.15) is 53.0 Å². The highest BCUT2D eigenvalue weighted by atomic mass is 16.3. The normalized spacial score (nSPS) is 20.2. The van der Waals surface area contributed by atoms with E-state index in [0.29, 0.717) is 36.3 Å². The van der Waals surface area contributed by atoms with Crippen molar-refractivity contribution in [1.82, 2.24) is 25.0 Å². The molecular weight excluding hydrogens is 506 g/mol. The Bertz CT molecular complexity index is 1640. The lowest BCUT2D eigenvalue weighted by molar-refractivity contribution is -0.135. The van der Waals surface area contributed by atoms with Crippen LogP contribution in [0.4, 0.5) is 0 Å². The number of likely N-dealkylation sites (tertiary alicyclic amines) is 1. The Balaban J connectivity index is 1.33. The quantitative estimate of drug-likeness (QED) is 0.358. The lowest BCUT2D eigenvalue weighted by Crippen LogP contribution is -2.62. The largest absolute Gasteiger partial charge is 0.387 e. The number of carbonyl (C=O) groups excluding carboxylic acids is 2. The van der Waals surface area contributed by atoms with E-state index in [1.807, 2.05) is 54.6 Å². The molecule has 206 valence electrons. The fourth-order valence-electron chi connectivity index (χ4n) is 6.70. The Morgan fingerprint density at radius 2 is 1.77 bits per heavy atom. The number of hydrogen-bond acceptors (Lipinski definition) is 5. The van der Waals surface area contributed by atoms with Crippen molar-refractivity contribution in [2.75, 3.05) is 20.1 Å². The molecule has 2 aromatic heterocycles. The van der Waals surface area contributed by atoms with Crippen molar-refractivity contribution in [3.8, 4) is 11.1 Å². The number of nitrogens with zero attached hydrogens (tertiary/aromatic N) is 3. The predicted octanol–water partition coefficient (Wildman–Crippen LogP) is 3.59. The topological polar surface area (TPSA) is 120 Å². The van der Waals surface area contributed by atoms with Gasteiger partial charge in [-0.15, -0.1) is 0 Å². The van der Waals surface area contributed by atoms with Gasteiger partial charge >= 0.3 is 0 Å². The maximum absolute atomic E-state index is 13.6. The molecule has 40 heavy (non-hydrogen) atoms. The third kappa shape index (κ3) is 4.30. The molecular formula is C31H33N5O4. The van der Waals surface area contributed by atoms with Gasteiger partial charge in [-0.25, -0.2) is 0 Å². The van der Waals surface area contributed by atoms with Gasteiger partial charge in [-0.05, 0) is 30.9 Å². The molecule has 2 fully saturated rings. The van der Waals surface area contributed by atoms with Crippen molar-refractivity contribution in [3.05, 3.63) is 88.5 Å². The van der Waals surface area contributed by atoms with Gasteiger partial charge < -0.3 is 19.9 Å². The molecule has 2 amide bonds. The highest BCUT2D eigenvalue weighted by Crippen LogP contribution is 2.51. The molecule has 1 unspecified atom stereocenters. The van der Waals surface area contributed by atoms with Crippen LogP contribution in [0.15, 0.2) is 71.7 Å².